The molecule has 0 unspecified atom stereocenters. The van der Waals surface area contributed by atoms with Crippen LogP contribution in [0.2, 0.25) is 0 Å². The van der Waals surface area contributed by atoms with Crippen LogP contribution >= 0.6 is 54.5 Å². The van der Waals surface area contributed by atoms with Crippen molar-refractivity contribution in [1.82, 2.24) is 10.6 Å². The zero-order valence-electron chi connectivity index (χ0n) is 31.1. The lowest BCUT2D eigenvalue weighted by molar-refractivity contribution is -0.157. The molecule has 0 saturated carbocycles. The summed E-state index contributed by atoms with van der Waals surface area (Å²) in [7, 11) is 0. The first-order valence-electron chi connectivity index (χ1n) is 16.8. The van der Waals surface area contributed by atoms with Crippen LogP contribution in [-0.2, 0) is 38.0 Å². The number of amides is 2. The van der Waals surface area contributed by atoms with Gasteiger partial charge in [0.25, 0.3) is 11.8 Å². The van der Waals surface area contributed by atoms with E-state index in [4.69, 9.17) is 4.74 Å². The van der Waals surface area contributed by atoms with E-state index < -0.39 is 29.6 Å². The number of ether oxygens (including phenoxy) is 1. The zero-order valence-corrected chi connectivity index (χ0v) is 35.9. The highest BCUT2D eigenvalue weighted by atomic mass is 79.9. The van der Waals surface area contributed by atoms with E-state index in [9.17, 15) is 24.3 Å². The highest BCUT2D eigenvalue weighted by Gasteiger charge is 2.29. The molecule has 12 heteroatoms. The normalized spacial score (nSPS) is 12.9. The molecule has 4 rings (SSSR count). The van der Waals surface area contributed by atoms with Crippen LogP contribution in [0.4, 0.5) is 0 Å². The van der Waals surface area contributed by atoms with E-state index in [0.717, 1.165) is 29.8 Å². The molecule has 0 bridgehead atoms. The average molecular weight is 877 g/mol. The third-order valence-electron chi connectivity index (χ3n) is 7.44. The van der Waals surface area contributed by atoms with Crippen LogP contribution in [0.1, 0.15) is 103 Å². The van der Waals surface area contributed by atoms with Crippen LogP contribution < -0.4 is 10.6 Å². The molecule has 4 aromatic rings. The number of halogens is 2. The fraction of sp³-hybridized carbons (Fsp3) is 0.400. The summed E-state index contributed by atoms with van der Waals surface area (Å²) < 4.78 is 7.42. The summed E-state index contributed by atoms with van der Waals surface area (Å²) in [6.45, 7) is 18.0. The van der Waals surface area contributed by atoms with E-state index in [-0.39, 0.29) is 29.1 Å². The van der Waals surface area contributed by atoms with Crippen molar-refractivity contribution in [3.8, 4) is 0 Å². The maximum absolute atomic E-state index is 12.8. The standard InChI is InChI=1S/C22H28BrNO3S.C18H20BrNO3S/c1-21(2,3)18-12-11-17(28-18)19(25)24-16(20(26)27-22(4,5)6)13-14-7-9-15(23)10-8-14;1-18(2,3)15-9-8-14(24-15)16(21)20-13(17(22)23)10-11-4-6-12(19)7-5-11/h7-12,16H,13H2,1-6H3,(H,24,25);4-9,13H,10H2,1-3H3,(H,20,21)(H,22,23)/t16-;13-/m00/s1. The molecule has 2 heterocycles. The van der Waals surface area contributed by atoms with E-state index in [1.807, 2.05) is 87.5 Å². The SMILES string of the molecule is CC(C)(C)OC(=O)[C@H](Cc1ccc(Br)cc1)NC(=O)c1ccc(C(C)(C)C)s1.CC(C)(C)c1ccc(C(=O)N[C@@H](Cc2ccc(Br)cc2)C(=O)O)s1. The number of aliphatic carboxylic acids is 1. The second-order valence-electron chi connectivity index (χ2n) is 15.4. The lowest BCUT2D eigenvalue weighted by atomic mass is 9.95. The third kappa shape index (κ3) is 13.9. The topological polar surface area (TPSA) is 122 Å². The Bertz CT molecular complexity index is 1830. The number of carbonyl (C=O) groups is 4. The van der Waals surface area contributed by atoms with E-state index >= 15 is 0 Å². The average Bonchev–Trinajstić information content (AvgIpc) is 3.73. The van der Waals surface area contributed by atoms with Crippen LogP contribution in [0.5, 0.6) is 0 Å². The molecular weight excluding hydrogens is 828 g/mol. The van der Waals surface area contributed by atoms with Crippen LogP contribution in [0.3, 0.4) is 0 Å². The van der Waals surface area contributed by atoms with Gasteiger partial charge in [0.05, 0.1) is 9.75 Å². The van der Waals surface area contributed by atoms with Gasteiger partial charge in [0.15, 0.2) is 0 Å². The largest absolute Gasteiger partial charge is 0.480 e. The van der Waals surface area contributed by atoms with Gasteiger partial charge in [0.1, 0.15) is 17.7 Å². The molecule has 52 heavy (non-hydrogen) atoms. The second kappa shape index (κ2) is 18.1. The highest BCUT2D eigenvalue weighted by molar-refractivity contribution is 9.10. The van der Waals surface area contributed by atoms with Crippen molar-refractivity contribution in [3.05, 3.63) is 112 Å². The summed E-state index contributed by atoms with van der Waals surface area (Å²) in [6.07, 6.45) is 0.608. The van der Waals surface area contributed by atoms with Gasteiger partial charge in [0.2, 0.25) is 0 Å². The van der Waals surface area contributed by atoms with Gasteiger partial charge in [-0.2, -0.15) is 0 Å². The van der Waals surface area contributed by atoms with Crippen molar-refractivity contribution in [2.24, 2.45) is 0 Å². The van der Waals surface area contributed by atoms with E-state index in [2.05, 4.69) is 84.0 Å². The molecule has 0 radical (unpaired) electrons. The molecule has 2 aromatic carbocycles. The predicted molar refractivity (Wildman–Crippen MR) is 218 cm³/mol. The van der Waals surface area contributed by atoms with Crippen molar-refractivity contribution in [3.63, 3.8) is 0 Å². The molecule has 0 spiro atoms. The number of rotatable bonds is 10. The molecule has 8 nitrogen and oxygen atoms in total. The molecule has 280 valence electrons. The first-order chi connectivity index (χ1) is 24.0. The lowest BCUT2D eigenvalue weighted by Crippen LogP contribution is -2.45. The molecule has 0 aliphatic heterocycles. The van der Waals surface area contributed by atoms with Crippen molar-refractivity contribution < 1.29 is 29.0 Å². The highest BCUT2D eigenvalue weighted by Crippen LogP contribution is 2.30. The summed E-state index contributed by atoms with van der Waals surface area (Å²) in [5.74, 6) is -2.08. The Labute approximate surface area is 332 Å². The Morgan fingerprint density at radius 1 is 0.615 bits per heavy atom. The van der Waals surface area contributed by atoms with Gasteiger partial charge in [-0.15, -0.1) is 22.7 Å². The van der Waals surface area contributed by atoms with Gasteiger partial charge in [0, 0.05) is 31.5 Å². The molecule has 0 saturated heterocycles. The van der Waals surface area contributed by atoms with Crippen molar-refractivity contribution >= 4 is 78.3 Å². The summed E-state index contributed by atoms with van der Waals surface area (Å²) in [4.78, 5) is 52.7. The first-order valence-corrected chi connectivity index (χ1v) is 20.0. The molecule has 0 fully saturated rings. The molecule has 0 aliphatic carbocycles. The predicted octanol–water partition coefficient (Wildman–Crippen LogP) is 9.72. The number of hydrogen-bond acceptors (Lipinski definition) is 7. The number of carbonyl (C=O) groups excluding carboxylic acids is 3. The number of esters is 1. The molecule has 2 amide bonds. The van der Waals surface area contributed by atoms with Crippen molar-refractivity contribution in [1.29, 1.82) is 0 Å². The van der Waals surface area contributed by atoms with Gasteiger partial charge >= 0.3 is 11.9 Å². The number of carboxylic acid groups (broad SMARTS) is 1. The second-order valence-corrected chi connectivity index (χ2v) is 19.4. The van der Waals surface area contributed by atoms with Crippen LogP contribution in [0, 0.1) is 0 Å². The Morgan fingerprint density at radius 2 is 0.981 bits per heavy atom. The lowest BCUT2D eigenvalue weighted by Gasteiger charge is -2.24. The molecule has 0 aliphatic rings. The quantitative estimate of drug-likeness (QED) is 0.137. The minimum Gasteiger partial charge on any atom is -0.480 e. The number of thiophene rings is 2. The van der Waals surface area contributed by atoms with Crippen LogP contribution in [0.15, 0.2) is 81.7 Å². The maximum atomic E-state index is 12.8. The number of carboxylic acids is 1. The number of nitrogens with one attached hydrogen (secondary N) is 2. The molecule has 2 aromatic heterocycles. The first kappa shape index (κ1) is 43.1. The fourth-order valence-electron chi connectivity index (χ4n) is 4.66. The van der Waals surface area contributed by atoms with E-state index in [1.54, 1.807) is 6.07 Å². The smallest absolute Gasteiger partial charge is 0.329 e. The van der Waals surface area contributed by atoms with Crippen molar-refractivity contribution in [2.45, 2.75) is 104 Å². The molecule has 2 atom stereocenters. The Kier molecular flexibility index (Phi) is 15.0. The summed E-state index contributed by atoms with van der Waals surface area (Å²) in [5, 5.41) is 14.9. The van der Waals surface area contributed by atoms with Crippen molar-refractivity contribution in [2.75, 3.05) is 0 Å². The summed E-state index contributed by atoms with van der Waals surface area (Å²) in [5.41, 5.74) is 1.12. The van der Waals surface area contributed by atoms with Gasteiger partial charge in [-0.05, 0) is 91.3 Å². The summed E-state index contributed by atoms with van der Waals surface area (Å²) in [6, 6.07) is 20.8. The van der Waals surface area contributed by atoms with Crippen LogP contribution in [0.25, 0.3) is 0 Å². The number of benzene rings is 2. The Hall–Kier alpha value is -3.32. The minimum absolute atomic E-state index is 0.0226. The fourth-order valence-corrected chi connectivity index (χ4v) is 7.13. The number of hydrogen-bond donors (Lipinski definition) is 3. The summed E-state index contributed by atoms with van der Waals surface area (Å²) >= 11 is 9.61. The van der Waals surface area contributed by atoms with E-state index in [1.165, 1.54) is 22.7 Å². The van der Waals surface area contributed by atoms with E-state index in [0.29, 0.717) is 16.2 Å². The maximum Gasteiger partial charge on any atom is 0.329 e. The Morgan fingerprint density at radius 3 is 1.31 bits per heavy atom. The van der Waals surface area contributed by atoms with Gasteiger partial charge < -0.3 is 20.5 Å². The molecular formula is C40H48Br2N2O6S2. The zero-order chi connectivity index (χ0) is 39.0. The Balaban J connectivity index is 0.000000284. The van der Waals surface area contributed by atoms with Gasteiger partial charge in [-0.3, -0.25) is 9.59 Å². The minimum atomic E-state index is -1.04. The van der Waals surface area contributed by atoms with Gasteiger partial charge in [-0.25, -0.2) is 9.59 Å². The third-order valence-corrected chi connectivity index (χ3v) is 11.5. The van der Waals surface area contributed by atoms with Crippen LogP contribution in [-0.4, -0.2) is 46.5 Å². The van der Waals surface area contributed by atoms with Gasteiger partial charge in [-0.1, -0.05) is 97.7 Å². The molecule has 3 N–H and O–H groups in total. The monoisotopic (exact) mass is 874 g/mol.